The largest absolute Gasteiger partial charge is 0.383 e. The van der Waals surface area contributed by atoms with Gasteiger partial charge in [0.25, 0.3) is 0 Å². The fraction of sp³-hybridized carbons (Fsp3) is 0.588. The van der Waals surface area contributed by atoms with Crippen molar-refractivity contribution < 1.29 is 4.74 Å². The number of aryl methyl sites for hydroxylation is 1. The lowest BCUT2D eigenvalue weighted by Gasteiger charge is -2.30. The van der Waals surface area contributed by atoms with Crippen LogP contribution in [-0.4, -0.2) is 50.8 Å². The summed E-state index contributed by atoms with van der Waals surface area (Å²) in [4.78, 5) is 6.95. The number of rotatable bonds is 6. The number of likely N-dealkylation sites (tertiary alicyclic amines) is 1. The van der Waals surface area contributed by atoms with Crippen molar-refractivity contribution in [2.24, 2.45) is 16.6 Å². The molecule has 1 aliphatic rings. The third kappa shape index (κ3) is 5.66. The molecule has 2 rings (SSSR count). The second kappa shape index (κ2) is 8.76. The molecular weight excluding hydrogens is 276 g/mol. The van der Waals surface area contributed by atoms with Crippen LogP contribution in [0, 0.1) is 12.8 Å². The normalized spacial score (nSPS) is 17.6. The molecule has 1 heterocycles. The number of aliphatic imine (C=N–C) groups is 1. The first-order chi connectivity index (χ1) is 10.7. The van der Waals surface area contributed by atoms with Crippen LogP contribution in [0.15, 0.2) is 29.3 Å². The van der Waals surface area contributed by atoms with Crippen LogP contribution in [-0.2, 0) is 4.74 Å². The number of benzene rings is 1. The summed E-state index contributed by atoms with van der Waals surface area (Å²) in [5.74, 6) is 1.14. The van der Waals surface area contributed by atoms with Gasteiger partial charge in [0, 0.05) is 25.9 Å². The zero-order valence-electron chi connectivity index (χ0n) is 13.7. The fourth-order valence-corrected chi connectivity index (χ4v) is 2.66. The number of nitrogens with two attached hydrogens (primary N) is 1. The van der Waals surface area contributed by atoms with Gasteiger partial charge < -0.3 is 20.7 Å². The van der Waals surface area contributed by atoms with E-state index in [2.05, 4.69) is 34.3 Å². The van der Waals surface area contributed by atoms with Crippen molar-refractivity contribution in [1.82, 2.24) is 4.90 Å². The second-order valence-corrected chi connectivity index (χ2v) is 5.99. The molecule has 0 spiro atoms. The molecule has 0 aliphatic carbocycles. The number of hydrogen-bond donors (Lipinski definition) is 2. The van der Waals surface area contributed by atoms with Gasteiger partial charge in [0.15, 0.2) is 5.96 Å². The molecule has 122 valence electrons. The van der Waals surface area contributed by atoms with E-state index in [0.29, 0.717) is 11.9 Å². The Labute approximate surface area is 133 Å². The molecule has 0 aromatic heterocycles. The molecule has 0 bridgehead atoms. The molecule has 22 heavy (non-hydrogen) atoms. The number of piperidine rings is 1. The summed E-state index contributed by atoms with van der Waals surface area (Å²) in [5.41, 5.74) is 8.19. The predicted octanol–water partition coefficient (Wildman–Crippen LogP) is 2.08. The molecule has 1 aliphatic heterocycles. The molecular formula is C17H28N4O. The van der Waals surface area contributed by atoms with Crippen molar-refractivity contribution in [3.8, 4) is 0 Å². The number of guanidine groups is 1. The van der Waals surface area contributed by atoms with Crippen LogP contribution in [0.1, 0.15) is 18.4 Å². The van der Waals surface area contributed by atoms with E-state index in [1.54, 1.807) is 7.11 Å². The summed E-state index contributed by atoms with van der Waals surface area (Å²) >= 11 is 0. The van der Waals surface area contributed by atoms with Gasteiger partial charge in [-0.15, -0.1) is 0 Å². The minimum Gasteiger partial charge on any atom is -0.383 e. The number of methoxy groups -OCH3 is 1. The van der Waals surface area contributed by atoms with Crippen molar-refractivity contribution in [1.29, 1.82) is 0 Å². The SMILES string of the molecule is COCCN1CCC(CN=C(N)Nc2ccc(C)cc2)CC1. The average molecular weight is 304 g/mol. The zero-order valence-corrected chi connectivity index (χ0v) is 13.7. The quantitative estimate of drug-likeness (QED) is 0.624. The zero-order chi connectivity index (χ0) is 15.8. The van der Waals surface area contributed by atoms with E-state index in [4.69, 9.17) is 10.5 Å². The van der Waals surface area contributed by atoms with Gasteiger partial charge in [0.2, 0.25) is 0 Å². The minimum atomic E-state index is 0.505. The monoisotopic (exact) mass is 304 g/mol. The van der Waals surface area contributed by atoms with Crippen LogP contribution in [0.25, 0.3) is 0 Å². The summed E-state index contributed by atoms with van der Waals surface area (Å²) in [5, 5.41) is 3.15. The lowest BCUT2D eigenvalue weighted by molar-refractivity contribution is 0.121. The Balaban J connectivity index is 1.71. The first-order valence-corrected chi connectivity index (χ1v) is 8.02. The summed E-state index contributed by atoms with van der Waals surface area (Å²) in [6, 6.07) is 8.16. The molecule has 1 fully saturated rings. The van der Waals surface area contributed by atoms with Crippen LogP contribution in [0.3, 0.4) is 0 Å². The van der Waals surface area contributed by atoms with Gasteiger partial charge in [-0.3, -0.25) is 4.99 Å². The highest BCUT2D eigenvalue weighted by Crippen LogP contribution is 2.17. The standard InChI is InChI=1S/C17H28N4O/c1-14-3-5-16(6-4-14)20-17(18)19-13-15-7-9-21(10-8-15)11-12-22-2/h3-6,15H,7-13H2,1-2H3,(H3,18,19,20). The van der Waals surface area contributed by atoms with E-state index in [9.17, 15) is 0 Å². The highest BCUT2D eigenvalue weighted by atomic mass is 16.5. The lowest BCUT2D eigenvalue weighted by atomic mass is 9.97. The third-order valence-corrected chi connectivity index (χ3v) is 4.16. The highest BCUT2D eigenvalue weighted by Gasteiger charge is 2.18. The number of nitrogens with one attached hydrogen (secondary N) is 1. The molecule has 0 saturated carbocycles. The van der Waals surface area contributed by atoms with Crippen LogP contribution >= 0.6 is 0 Å². The third-order valence-electron chi connectivity index (χ3n) is 4.16. The summed E-state index contributed by atoms with van der Waals surface area (Å²) in [7, 11) is 1.76. The van der Waals surface area contributed by atoms with E-state index < -0.39 is 0 Å². The molecule has 1 saturated heterocycles. The Hall–Kier alpha value is -1.59. The minimum absolute atomic E-state index is 0.505. The number of nitrogens with zero attached hydrogens (tertiary/aromatic N) is 2. The van der Waals surface area contributed by atoms with Gasteiger partial charge in [-0.25, -0.2) is 0 Å². The Morgan fingerprint density at radius 1 is 1.32 bits per heavy atom. The highest BCUT2D eigenvalue weighted by molar-refractivity contribution is 5.92. The van der Waals surface area contributed by atoms with Crippen LogP contribution in [0.2, 0.25) is 0 Å². The van der Waals surface area contributed by atoms with Gasteiger partial charge in [-0.2, -0.15) is 0 Å². The Morgan fingerprint density at radius 3 is 2.64 bits per heavy atom. The molecule has 1 aromatic rings. The number of anilines is 1. The number of ether oxygens (including phenoxy) is 1. The van der Waals surface area contributed by atoms with Crippen molar-refractivity contribution in [2.75, 3.05) is 45.2 Å². The molecule has 0 radical (unpaired) electrons. The molecule has 0 atom stereocenters. The summed E-state index contributed by atoms with van der Waals surface area (Å²) in [6.07, 6.45) is 2.37. The summed E-state index contributed by atoms with van der Waals surface area (Å²) < 4.78 is 5.13. The van der Waals surface area contributed by atoms with Crippen molar-refractivity contribution in [3.05, 3.63) is 29.8 Å². The van der Waals surface area contributed by atoms with Crippen molar-refractivity contribution >= 4 is 11.6 Å². The maximum atomic E-state index is 5.97. The fourth-order valence-electron chi connectivity index (χ4n) is 2.66. The maximum Gasteiger partial charge on any atom is 0.193 e. The lowest BCUT2D eigenvalue weighted by Crippen LogP contribution is -2.37. The molecule has 0 amide bonds. The van der Waals surface area contributed by atoms with Crippen LogP contribution in [0.5, 0.6) is 0 Å². The van der Waals surface area contributed by atoms with E-state index >= 15 is 0 Å². The van der Waals surface area contributed by atoms with Crippen molar-refractivity contribution in [2.45, 2.75) is 19.8 Å². The van der Waals surface area contributed by atoms with E-state index in [1.165, 1.54) is 18.4 Å². The van der Waals surface area contributed by atoms with Crippen LogP contribution < -0.4 is 11.1 Å². The summed E-state index contributed by atoms with van der Waals surface area (Å²) in [6.45, 7) is 6.99. The van der Waals surface area contributed by atoms with Gasteiger partial charge in [0.05, 0.1) is 6.61 Å². The molecule has 3 N–H and O–H groups in total. The Kier molecular flexibility index (Phi) is 6.68. The smallest absolute Gasteiger partial charge is 0.193 e. The van der Waals surface area contributed by atoms with Gasteiger partial charge in [-0.1, -0.05) is 17.7 Å². The van der Waals surface area contributed by atoms with Gasteiger partial charge in [0.1, 0.15) is 0 Å². The van der Waals surface area contributed by atoms with Gasteiger partial charge in [-0.05, 0) is 50.9 Å². The Morgan fingerprint density at radius 2 is 2.00 bits per heavy atom. The molecule has 5 nitrogen and oxygen atoms in total. The van der Waals surface area contributed by atoms with E-state index in [1.807, 2.05) is 12.1 Å². The Bertz CT molecular complexity index is 464. The van der Waals surface area contributed by atoms with Crippen molar-refractivity contribution in [3.63, 3.8) is 0 Å². The van der Waals surface area contributed by atoms with E-state index in [0.717, 1.165) is 38.5 Å². The number of hydrogen-bond acceptors (Lipinski definition) is 3. The second-order valence-electron chi connectivity index (χ2n) is 5.99. The maximum absolute atomic E-state index is 5.97. The first kappa shape index (κ1) is 16.8. The average Bonchev–Trinajstić information content (AvgIpc) is 2.54. The van der Waals surface area contributed by atoms with Crippen LogP contribution in [0.4, 0.5) is 5.69 Å². The van der Waals surface area contributed by atoms with E-state index in [-0.39, 0.29) is 0 Å². The molecule has 0 unspecified atom stereocenters. The predicted molar refractivity (Wildman–Crippen MR) is 92.3 cm³/mol. The molecule has 1 aromatic carbocycles. The molecule has 5 heteroatoms. The first-order valence-electron chi connectivity index (χ1n) is 8.02. The topological polar surface area (TPSA) is 62.9 Å². The van der Waals surface area contributed by atoms with Gasteiger partial charge >= 0.3 is 0 Å².